The quantitative estimate of drug-likeness (QED) is 0.780. The first kappa shape index (κ1) is 9.75. The second-order valence-electron chi connectivity index (χ2n) is 1.28. The van der Waals surface area contributed by atoms with E-state index >= 15 is 0 Å². The van der Waals surface area contributed by atoms with Crippen LogP contribution in [0.25, 0.3) is 0 Å². The summed E-state index contributed by atoms with van der Waals surface area (Å²) in [6.45, 7) is 0. The summed E-state index contributed by atoms with van der Waals surface area (Å²) in [4.78, 5) is 0. The van der Waals surface area contributed by atoms with E-state index < -0.39 is 0 Å². The van der Waals surface area contributed by atoms with Crippen LogP contribution in [0.3, 0.4) is 0 Å². The van der Waals surface area contributed by atoms with Crippen LogP contribution in [-0.4, -0.2) is 0 Å². The minimum Gasteiger partial charge on any atom is -0.397 e. The Labute approximate surface area is 80.3 Å². The third-order valence-electron chi connectivity index (χ3n) is 0.683. The molecule has 5 heteroatoms. The van der Waals surface area contributed by atoms with Crippen LogP contribution in [0.15, 0.2) is 13.6 Å². The zero-order chi connectivity index (χ0) is 6.15. The highest BCUT2D eigenvalue weighted by Gasteiger charge is 1.97. The van der Waals surface area contributed by atoms with Crippen molar-refractivity contribution in [3.8, 4) is 0 Å². The molecule has 0 spiro atoms. The lowest BCUT2D eigenvalue weighted by molar-refractivity contribution is 1.83. The van der Waals surface area contributed by atoms with Gasteiger partial charge in [-0.25, -0.2) is 0 Å². The minimum atomic E-state index is 0. The molecule has 0 unspecified atom stereocenters. The number of nitrogens with two attached hydrogens (primary N) is 1. The summed E-state index contributed by atoms with van der Waals surface area (Å²) in [5.41, 5.74) is 6.27. The molecule has 0 saturated carbocycles. The highest BCUT2D eigenvalue weighted by molar-refractivity contribution is 9.12. The van der Waals surface area contributed by atoms with Gasteiger partial charge in [-0.2, -0.15) is 0 Å². The molecule has 0 aromatic carbocycles. The molecule has 0 amide bonds. The molecule has 0 fully saturated rings. The van der Waals surface area contributed by atoms with E-state index in [1.54, 1.807) is 11.3 Å². The van der Waals surface area contributed by atoms with Crippen molar-refractivity contribution >= 4 is 61.3 Å². The van der Waals surface area contributed by atoms with Gasteiger partial charge >= 0.3 is 0 Å². The first-order valence-electron chi connectivity index (χ1n) is 1.90. The van der Waals surface area contributed by atoms with E-state index in [0.717, 1.165) is 13.3 Å². The van der Waals surface area contributed by atoms with Gasteiger partial charge in [-0.1, -0.05) is 0 Å². The fraction of sp³-hybridized carbons (Fsp3) is 0. The van der Waals surface area contributed by atoms with E-state index in [2.05, 4.69) is 31.9 Å². The number of anilines is 1. The van der Waals surface area contributed by atoms with Crippen LogP contribution in [0.4, 0.5) is 5.69 Å². The van der Waals surface area contributed by atoms with Crippen LogP contribution in [0.2, 0.25) is 0 Å². The average Bonchev–Trinajstić information content (AvgIpc) is 1.85. The van der Waals surface area contributed by atoms with E-state index in [9.17, 15) is 0 Å². The number of hydrogen-bond donors (Lipinski definition) is 1. The second kappa shape index (κ2) is 3.81. The number of hydrogen-bond acceptors (Lipinski definition) is 2. The van der Waals surface area contributed by atoms with Crippen LogP contribution >= 0.6 is 55.6 Å². The van der Waals surface area contributed by atoms with Crippen molar-refractivity contribution in [3.63, 3.8) is 0 Å². The van der Waals surface area contributed by atoms with E-state index in [1.165, 1.54) is 0 Å². The molecule has 0 aliphatic heterocycles. The SMILES string of the molecule is Cl.Nc1cc(Br)sc1Br. The zero-order valence-corrected chi connectivity index (χ0v) is 9.03. The number of nitrogen functional groups attached to an aromatic ring is 1. The van der Waals surface area contributed by atoms with Crippen molar-refractivity contribution in [2.24, 2.45) is 0 Å². The maximum Gasteiger partial charge on any atom is 0.0939 e. The normalized spacial score (nSPS) is 8.67. The number of halogens is 3. The molecule has 1 aromatic rings. The van der Waals surface area contributed by atoms with Crippen molar-refractivity contribution in [1.29, 1.82) is 0 Å². The Morgan fingerprint density at radius 2 is 2.00 bits per heavy atom. The molecular formula is C4H4Br2ClNS. The van der Waals surface area contributed by atoms with Crippen molar-refractivity contribution < 1.29 is 0 Å². The molecule has 0 saturated heterocycles. The van der Waals surface area contributed by atoms with Gasteiger partial charge in [0.1, 0.15) is 0 Å². The molecule has 0 atom stereocenters. The van der Waals surface area contributed by atoms with E-state index in [1.807, 2.05) is 6.07 Å². The smallest absolute Gasteiger partial charge is 0.0939 e. The Morgan fingerprint density at radius 1 is 1.44 bits per heavy atom. The predicted molar refractivity (Wildman–Crippen MR) is 51.4 cm³/mol. The Balaban J connectivity index is 0.000000640. The van der Waals surface area contributed by atoms with Gasteiger partial charge in [0.25, 0.3) is 0 Å². The topological polar surface area (TPSA) is 26.0 Å². The zero-order valence-electron chi connectivity index (χ0n) is 4.23. The van der Waals surface area contributed by atoms with Crippen LogP contribution in [0.5, 0.6) is 0 Å². The Hall–Kier alpha value is 0.750. The average molecular weight is 293 g/mol. The lowest BCUT2D eigenvalue weighted by Crippen LogP contribution is -1.77. The molecule has 1 aromatic heterocycles. The first-order valence-corrected chi connectivity index (χ1v) is 4.30. The van der Waals surface area contributed by atoms with E-state index in [4.69, 9.17) is 5.73 Å². The van der Waals surface area contributed by atoms with Crippen LogP contribution in [0.1, 0.15) is 0 Å². The molecule has 52 valence electrons. The lowest BCUT2D eigenvalue weighted by Gasteiger charge is -1.78. The third kappa shape index (κ3) is 2.45. The Morgan fingerprint density at radius 3 is 2.11 bits per heavy atom. The summed E-state index contributed by atoms with van der Waals surface area (Å²) in [6.07, 6.45) is 0. The van der Waals surface area contributed by atoms with Gasteiger partial charge in [0.05, 0.1) is 13.3 Å². The molecule has 0 aliphatic carbocycles. The monoisotopic (exact) mass is 291 g/mol. The fourth-order valence-corrected chi connectivity index (χ4v) is 2.91. The second-order valence-corrected chi connectivity index (χ2v) is 5.03. The fourth-order valence-electron chi connectivity index (χ4n) is 0.353. The number of thiophene rings is 1. The summed E-state index contributed by atoms with van der Waals surface area (Å²) >= 11 is 8.15. The van der Waals surface area contributed by atoms with Crippen LogP contribution in [-0.2, 0) is 0 Å². The van der Waals surface area contributed by atoms with Gasteiger partial charge < -0.3 is 5.73 Å². The maximum absolute atomic E-state index is 5.47. The van der Waals surface area contributed by atoms with Crippen molar-refractivity contribution in [3.05, 3.63) is 13.6 Å². The summed E-state index contributed by atoms with van der Waals surface area (Å²) in [5.74, 6) is 0. The molecule has 9 heavy (non-hydrogen) atoms. The number of rotatable bonds is 0. The molecule has 0 radical (unpaired) electrons. The molecular weight excluding hydrogens is 289 g/mol. The van der Waals surface area contributed by atoms with Crippen molar-refractivity contribution in [2.45, 2.75) is 0 Å². The Bertz CT molecular complexity index is 181. The van der Waals surface area contributed by atoms with Crippen molar-refractivity contribution in [2.75, 3.05) is 5.73 Å². The molecule has 0 bridgehead atoms. The van der Waals surface area contributed by atoms with Crippen LogP contribution < -0.4 is 5.73 Å². The molecule has 1 nitrogen and oxygen atoms in total. The summed E-state index contributed by atoms with van der Waals surface area (Å²) < 4.78 is 2.05. The Kier molecular flexibility index (Phi) is 4.12. The third-order valence-corrected chi connectivity index (χ3v) is 3.07. The van der Waals surface area contributed by atoms with Gasteiger partial charge in [-0.15, -0.1) is 23.7 Å². The summed E-state index contributed by atoms with van der Waals surface area (Å²) in [7, 11) is 0. The standard InChI is InChI=1S/C4H3Br2NS.ClH/c5-3-1-2(7)4(6)8-3;/h1H,7H2;1H. The molecule has 1 rings (SSSR count). The predicted octanol–water partition coefficient (Wildman–Crippen LogP) is 3.28. The largest absolute Gasteiger partial charge is 0.397 e. The van der Waals surface area contributed by atoms with E-state index in [-0.39, 0.29) is 12.4 Å². The first-order chi connectivity index (χ1) is 3.70. The minimum absolute atomic E-state index is 0. The highest BCUT2D eigenvalue weighted by Crippen LogP contribution is 2.33. The maximum atomic E-state index is 5.47. The van der Waals surface area contributed by atoms with Crippen molar-refractivity contribution in [1.82, 2.24) is 0 Å². The highest BCUT2D eigenvalue weighted by atomic mass is 79.9. The van der Waals surface area contributed by atoms with Crippen LogP contribution in [0, 0.1) is 0 Å². The summed E-state index contributed by atoms with van der Waals surface area (Å²) in [6, 6.07) is 1.87. The van der Waals surface area contributed by atoms with E-state index in [0.29, 0.717) is 0 Å². The lowest BCUT2D eigenvalue weighted by atomic mass is 10.6. The van der Waals surface area contributed by atoms with Gasteiger partial charge in [-0.3, -0.25) is 0 Å². The molecule has 0 aliphatic rings. The van der Waals surface area contributed by atoms with Gasteiger partial charge in [0.2, 0.25) is 0 Å². The summed E-state index contributed by atoms with van der Waals surface area (Å²) in [5, 5.41) is 0. The van der Waals surface area contributed by atoms with Gasteiger partial charge in [0.15, 0.2) is 0 Å². The van der Waals surface area contributed by atoms with Gasteiger partial charge in [-0.05, 0) is 37.9 Å². The molecule has 1 heterocycles. The molecule has 2 N–H and O–H groups in total. The van der Waals surface area contributed by atoms with Gasteiger partial charge in [0, 0.05) is 0 Å².